The molecule has 4 rings (SSSR count). The molecule has 1 aliphatic carbocycles. The molecular weight excluding hydrogens is 582 g/mol. The first-order valence-electron chi connectivity index (χ1n) is 15.2. The van der Waals surface area contributed by atoms with Gasteiger partial charge in [-0.05, 0) is 70.1 Å². The van der Waals surface area contributed by atoms with Crippen LogP contribution < -0.4 is 4.74 Å². The van der Waals surface area contributed by atoms with Crippen molar-refractivity contribution in [2.24, 2.45) is 11.8 Å². The van der Waals surface area contributed by atoms with Crippen molar-refractivity contribution in [3.8, 4) is 11.5 Å². The fourth-order valence-corrected chi connectivity index (χ4v) is 7.63. The van der Waals surface area contributed by atoms with Crippen LogP contribution in [0.5, 0.6) is 11.5 Å². The summed E-state index contributed by atoms with van der Waals surface area (Å²) in [6, 6.07) is 3.54. The molecule has 0 radical (unpaired) electrons. The number of aliphatic hydroxyl groups excluding tert-OH is 1. The Labute approximate surface area is 263 Å². The number of phenols is 1. The number of carbonyl (C=O) groups excluding carboxylic acids is 3. The maximum Gasteiger partial charge on any atom is 0.514 e. The summed E-state index contributed by atoms with van der Waals surface area (Å²) in [7, 11) is 0. The van der Waals surface area contributed by atoms with Gasteiger partial charge in [0.2, 0.25) is 5.91 Å². The number of benzene rings is 1. The highest BCUT2D eigenvalue weighted by Crippen LogP contribution is 2.51. The number of ether oxygens (including phenoxy) is 3. The molecule has 0 spiro atoms. The Morgan fingerprint density at radius 3 is 2.66 bits per heavy atom. The Morgan fingerprint density at radius 1 is 1.25 bits per heavy atom. The summed E-state index contributed by atoms with van der Waals surface area (Å²) in [5.41, 5.74) is 3.50. The standard InChI is InChI=1S/C34H43NO8S/c1-7-9-10-11-22-16-25(37)29(24-15-20(5)12-13-23(24)19(3)4)26(17-22)43-34(40)42-18-27-30(33(39)41-14-8-2)35-31(38)28(21(6)36)32(35)44-27/h8,15-17,21,23-24,28,32,36-37H,2-3,7,9-14,18H2,1,4-6H3/t21-,23+,24-,28+,32?/m1/s1. The molecule has 0 saturated carbocycles. The first-order chi connectivity index (χ1) is 21.0. The van der Waals surface area contributed by atoms with Gasteiger partial charge in [-0.2, -0.15) is 0 Å². The zero-order chi connectivity index (χ0) is 32.1. The maximum atomic E-state index is 13.2. The molecule has 238 valence electrons. The summed E-state index contributed by atoms with van der Waals surface area (Å²) in [6.07, 6.45) is 7.09. The predicted molar refractivity (Wildman–Crippen MR) is 169 cm³/mol. The summed E-state index contributed by atoms with van der Waals surface area (Å²) >= 11 is 1.17. The van der Waals surface area contributed by atoms with E-state index in [0.717, 1.165) is 43.2 Å². The number of aromatic hydroxyl groups is 1. The molecule has 9 nitrogen and oxygen atoms in total. The molecule has 2 aliphatic heterocycles. The monoisotopic (exact) mass is 625 g/mol. The lowest BCUT2D eigenvalue weighted by molar-refractivity contribution is -0.158. The van der Waals surface area contributed by atoms with Crippen molar-refractivity contribution in [1.29, 1.82) is 0 Å². The van der Waals surface area contributed by atoms with Crippen molar-refractivity contribution in [3.05, 3.63) is 70.3 Å². The van der Waals surface area contributed by atoms with Crippen LogP contribution in [0.25, 0.3) is 0 Å². The number of aliphatic hydroxyl groups is 1. The van der Waals surface area contributed by atoms with E-state index in [1.54, 1.807) is 12.1 Å². The number of hydrogen-bond acceptors (Lipinski definition) is 9. The third-order valence-corrected chi connectivity index (χ3v) is 9.72. The lowest BCUT2D eigenvalue weighted by atomic mass is 9.73. The van der Waals surface area contributed by atoms with Gasteiger partial charge in [-0.1, -0.05) is 68.0 Å². The van der Waals surface area contributed by atoms with Gasteiger partial charge >= 0.3 is 12.1 Å². The number of rotatable bonds is 13. The smallest absolute Gasteiger partial charge is 0.507 e. The van der Waals surface area contributed by atoms with Crippen LogP contribution in [0.1, 0.15) is 76.8 Å². The van der Waals surface area contributed by atoms with Crippen molar-refractivity contribution in [3.63, 3.8) is 0 Å². The number of hydrogen-bond donors (Lipinski definition) is 2. The topological polar surface area (TPSA) is 123 Å². The molecule has 1 amide bonds. The van der Waals surface area contributed by atoms with E-state index in [2.05, 4.69) is 26.2 Å². The average Bonchev–Trinajstić information content (AvgIpc) is 3.28. The van der Waals surface area contributed by atoms with E-state index in [9.17, 15) is 24.6 Å². The second kappa shape index (κ2) is 14.5. The highest BCUT2D eigenvalue weighted by molar-refractivity contribution is 8.04. The van der Waals surface area contributed by atoms with Crippen LogP contribution in [0.4, 0.5) is 4.79 Å². The number of allylic oxidation sites excluding steroid dienone is 3. The van der Waals surface area contributed by atoms with Crippen molar-refractivity contribution in [2.45, 2.75) is 83.6 Å². The summed E-state index contributed by atoms with van der Waals surface area (Å²) in [5, 5.41) is 20.9. The quantitative estimate of drug-likeness (QED) is 0.0830. The van der Waals surface area contributed by atoms with E-state index in [4.69, 9.17) is 14.2 Å². The molecule has 3 aliphatic rings. The molecular formula is C34H43NO8S. The number of amides is 1. The zero-order valence-corrected chi connectivity index (χ0v) is 26.8. The fraction of sp³-hybridized carbons (Fsp3) is 0.500. The SMILES string of the molecule is C=CCOC(=O)C1=C(COC(=O)Oc2cc(CCCCC)cc(O)c2[C@@H]2C=C(C)CC[C@H]2C(=C)C)SC2[C@@H]([C@@H](C)O)C(=O)N12. The molecule has 2 N–H and O–H groups in total. The van der Waals surface area contributed by atoms with Gasteiger partial charge in [0.1, 0.15) is 35.8 Å². The summed E-state index contributed by atoms with van der Waals surface area (Å²) in [6.45, 7) is 15.0. The maximum absolute atomic E-state index is 13.2. The lowest BCUT2D eigenvalue weighted by Crippen LogP contribution is -2.60. The van der Waals surface area contributed by atoms with Gasteiger partial charge in [-0.3, -0.25) is 9.69 Å². The average molecular weight is 626 g/mol. The zero-order valence-electron chi connectivity index (χ0n) is 26.0. The molecule has 10 heteroatoms. The lowest BCUT2D eigenvalue weighted by Gasteiger charge is -2.43. The van der Waals surface area contributed by atoms with E-state index in [1.165, 1.54) is 35.2 Å². The van der Waals surface area contributed by atoms with Crippen molar-refractivity contribution < 1.29 is 38.8 Å². The minimum Gasteiger partial charge on any atom is -0.507 e. The summed E-state index contributed by atoms with van der Waals surface area (Å²) < 4.78 is 16.5. The second-order valence-corrected chi connectivity index (χ2v) is 13.0. The normalized spacial score (nSPS) is 23.3. The number of fused-ring (bicyclic) bond motifs is 1. The Balaban J connectivity index is 1.60. The van der Waals surface area contributed by atoms with E-state index in [0.29, 0.717) is 16.9 Å². The van der Waals surface area contributed by atoms with Crippen LogP contribution in [-0.4, -0.2) is 57.8 Å². The Bertz CT molecular complexity index is 1380. The van der Waals surface area contributed by atoms with Gasteiger partial charge in [0.15, 0.2) is 0 Å². The van der Waals surface area contributed by atoms with Gasteiger partial charge in [0.05, 0.1) is 16.9 Å². The number of unbranched alkanes of at least 4 members (excludes halogenated alkanes) is 2. The first-order valence-corrected chi connectivity index (χ1v) is 16.1. The summed E-state index contributed by atoms with van der Waals surface area (Å²) in [4.78, 5) is 40.4. The van der Waals surface area contributed by atoms with Gasteiger partial charge in [-0.15, -0.1) is 0 Å². The number of phenolic OH excluding ortho intramolecular Hbond substituents is 1. The summed E-state index contributed by atoms with van der Waals surface area (Å²) in [5.74, 6) is -1.75. The van der Waals surface area contributed by atoms with Crippen molar-refractivity contribution >= 4 is 29.8 Å². The molecule has 1 unspecified atom stereocenters. The molecule has 1 fully saturated rings. The highest BCUT2D eigenvalue weighted by atomic mass is 32.2. The number of esters is 1. The van der Waals surface area contributed by atoms with Crippen LogP contribution in [-0.2, 0) is 25.5 Å². The Morgan fingerprint density at radius 2 is 2.00 bits per heavy atom. The number of β-lactam (4-membered cyclic amide) rings is 1. The third kappa shape index (κ3) is 7.07. The number of nitrogens with zero attached hydrogens (tertiary/aromatic N) is 1. The number of carbonyl (C=O) groups is 3. The van der Waals surface area contributed by atoms with Gasteiger partial charge < -0.3 is 24.4 Å². The minimum absolute atomic E-state index is 0.0140. The minimum atomic E-state index is -1.01. The molecule has 1 aromatic carbocycles. The van der Waals surface area contributed by atoms with E-state index in [1.807, 2.05) is 13.8 Å². The number of aryl methyl sites for hydroxylation is 1. The van der Waals surface area contributed by atoms with Gasteiger partial charge in [0.25, 0.3) is 0 Å². The fourth-order valence-electron chi connectivity index (χ4n) is 6.11. The van der Waals surface area contributed by atoms with E-state index < -0.39 is 35.4 Å². The van der Waals surface area contributed by atoms with E-state index >= 15 is 0 Å². The molecule has 0 bridgehead atoms. The number of thioether (sulfide) groups is 1. The van der Waals surface area contributed by atoms with Crippen molar-refractivity contribution in [2.75, 3.05) is 13.2 Å². The highest BCUT2D eigenvalue weighted by Gasteiger charge is 2.58. The Kier molecular flexibility index (Phi) is 11.0. The van der Waals surface area contributed by atoms with E-state index in [-0.39, 0.29) is 42.2 Å². The predicted octanol–water partition coefficient (Wildman–Crippen LogP) is 6.51. The second-order valence-electron chi connectivity index (χ2n) is 11.8. The van der Waals surface area contributed by atoms with Crippen LogP contribution in [0.15, 0.2) is 59.2 Å². The van der Waals surface area contributed by atoms with Crippen LogP contribution in [0.2, 0.25) is 0 Å². The van der Waals surface area contributed by atoms with Crippen LogP contribution >= 0.6 is 11.8 Å². The van der Waals surface area contributed by atoms with Crippen LogP contribution in [0.3, 0.4) is 0 Å². The largest absolute Gasteiger partial charge is 0.514 e. The molecule has 44 heavy (non-hydrogen) atoms. The molecule has 1 aromatic rings. The Hall–Kier alpha value is -3.50. The van der Waals surface area contributed by atoms with Crippen molar-refractivity contribution in [1.82, 2.24) is 4.90 Å². The molecule has 1 saturated heterocycles. The third-order valence-electron chi connectivity index (χ3n) is 8.37. The molecule has 2 heterocycles. The van der Waals surface area contributed by atoms with Gasteiger partial charge in [0, 0.05) is 11.5 Å². The first kappa shape index (κ1) is 33.4. The van der Waals surface area contributed by atoms with Crippen LogP contribution in [0, 0.1) is 11.8 Å². The van der Waals surface area contributed by atoms with Gasteiger partial charge in [-0.25, -0.2) is 9.59 Å². The molecule has 0 aromatic heterocycles. The molecule has 5 atom stereocenters.